The molecule has 0 aliphatic carbocycles. The van der Waals surface area contributed by atoms with Gasteiger partial charge in [0.25, 0.3) is 10.0 Å². The highest BCUT2D eigenvalue weighted by Gasteiger charge is 2.24. The van der Waals surface area contributed by atoms with Gasteiger partial charge in [-0.05, 0) is 41.8 Å². The molecular formula is C23H18FNO4S. The standard InChI is InChI=1S/C23H18FNO4S/c24-18-11-12-21-20(14-18)17(10-13-23(26)27)15-25(21)30(28,29)22-9-5-4-8-19(22)16-6-2-1-3-7-16/h1-9,11-12,14-15H,10,13H2,(H,26,27). The van der Waals surface area contributed by atoms with Gasteiger partial charge in [-0.2, -0.15) is 0 Å². The molecule has 0 atom stereocenters. The molecule has 4 rings (SSSR count). The second kappa shape index (κ2) is 7.76. The van der Waals surface area contributed by atoms with Crippen LogP contribution in [0.2, 0.25) is 0 Å². The van der Waals surface area contributed by atoms with Gasteiger partial charge in [0.2, 0.25) is 0 Å². The van der Waals surface area contributed by atoms with Crippen molar-refractivity contribution in [3.8, 4) is 11.1 Å². The van der Waals surface area contributed by atoms with E-state index >= 15 is 0 Å². The third-order valence-electron chi connectivity index (χ3n) is 4.93. The van der Waals surface area contributed by atoms with Gasteiger partial charge >= 0.3 is 5.97 Å². The van der Waals surface area contributed by atoms with E-state index < -0.39 is 21.8 Å². The third-order valence-corrected chi connectivity index (χ3v) is 6.66. The first kappa shape index (κ1) is 19.8. The number of hydrogen-bond acceptors (Lipinski definition) is 3. The highest BCUT2D eigenvalue weighted by atomic mass is 32.2. The van der Waals surface area contributed by atoms with Crippen molar-refractivity contribution in [2.45, 2.75) is 17.7 Å². The van der Waals surface area contributed by atoms with Crippen molar-refractivity contribution in [3.05, 3.63) is 90.4 Å². The number of carboxylic acids is 1. The molecule has 1 aromatic heterocycles. The van der Waals surface area contributed by atoms with E-state index in [1.807, 2.05) is 30.3 Å². The van der Waals surface area contributed by atoms with E-state index in [0.717, 1.165) is 9.54 Å². The van der Waals surface area contributed by atoms with E-state index in [1.165, 1.54) is 30.5 Å². The van der Waals surface area contributed by atoms with Crippen molar-refractivity contribution >= 4 is 26.9 Å². The smallest absolute Gasteiger partial charge is 0.303 e. The summed E-state index contributed by atoms with van der Waals surface area (Å²) in [6.07, 6.45) is 1.30. The summed E-state index contributed by atoms with van der Waals surface area (Å²) in [6.45, 7) is 0. The summed E-state index contributed by atoms with van der Waals surface area (Å²) < 4.78 is 42.2. The van der Waals surface area contributed by atoms with Crippen LogP contribution in [-0.4, -0.2) is 23.5 Å². The van der Waals surface area contributed by atoms with Gasteiger partial charge in [-0.15, -0.1) is 0 Å². The normalized spacial score (nSPS) is 11.6. The zero-order valence-electron chi connectivity index (χ0n) is 15.8. The Labute approximate surface area is 173 Å². The zero-order chi connectivity index (χ0) is 21.3. The number of rotatable bonds is 6. The van der Waals surface area contributed by atoms with E-state index in [2.05, 4.69) is 0 Å². The van der Waals surface area contributed by atoms with Crippen LogP contribution in [0.3, 0.4) is 0 Å². The van der Waals surface area contributed by atoms with Crippen molar-refractivity contribution in [1.82, 2.24) is 3.97 Å². The summed E-state index contributed by atoms with van der Waals surface area (Å²) in [7, 11) is -4.03. The summed E-state index contributed by atoms with van der Waals surface area (Å²) in [4.78, 5) is 11.1. The van der Waals surface area contributed by atoms with Crippen LogP contribution < -0.4 is 0 Å². The molecule has 0 spiro atoms. The van der Waals surface area contributed by atoms with Gasteiger partial charge in [-0.25, -0.2) is 16.8 Å². The molecular weight excluding hydrogens is 405 g/mol. The number of benzene rings is 3. The van der Waals surface area contributed by atoms with Crippen LogP contribution in [0.15, 0.2) is 83.9 Å². The number of aliphatic carboxylic acids is 1. The molecule has 4 aromatic rings. The Morgan fingerprint density at radius 1 is 0.967 bits per heavy atom. The number of carbonyl (C=O) groups is 1. The Bertz CT molecular complexity index is 1340. The number of halogens is 1. The molecule has 1 heterocycles. The molecule has 5 nitrogen and oxygen atoms in total. The topological polar surface area (TPSA) is 76.4 Å². The summed E-state index contributed by atoms with van der Waals surface area (Å²) in [5, 5.41) is 9.40. The molecule has 0 saturated heterocycles. The minimum Gasteiger partial charge on any atom is -0.481 e. The van der Waals surface area contributed by atoms with Gasteiger partial charge in [-0.3, -0.25) is 4.79 Å². The predicted octanol–water partition coefficient (Wildman–Crippen LogP) is 4.70. The van der Waals surface area contributed by atoms with Crippen LogP contribution in [0.5, 0.6) is 0 Å². The van der Waals surface area contributed by atoms with Crippen molar-refractivity contribution in [2.24, 2.45) is 0 Å². The monoisotopic (exact) mass is 423 g/mol. The molecule has 0 unspecified atom stereocenters. The fourth-order valence-corrected chi connectivity index (χ4v) is 5.14. The van der Waals surface area contributed by atoms with Crippen LogP contribution in [0.25, 0.3) is 22.0 Å². The number of hydrogen-bond donors (Lipinski definition) is 1. The lowest BCUT2D eigenvalue weighted by molar-refractivity contribution is -0.136. The quantitative estimate of drug-likeness (QED) is 0.488. The maximum Gasteiger partial charge on any atom is 0.303 e. The van der Waals surface area contributed by atoms with Gasteiger partial charge in [0, 0.05) is 23.6 Å². The van der Waals surface area contributed by atoms with Gasteiger partial charge in [0.05, 0.1) is 10.4 Å². The summed E-state index contributed by atoms with van der Waals surface area (Å²) in [5.74, 6) is -1.52. The summed E-state index contributed by atoms with van der Waals surface area (Å²) in [6, 6.07) is 19.7. The second-order valence-electron chi connectivity index (χ2n) is 6.87. The molecule has 0 radical (unpaired) electrons. The van der Waals surface area contributed by atoms with Crippen LogP contribution >= 0.6 is 0 Å². The number of carboxylic acid groups (broad SMARTS) is 1. The van der Waals surface area contributed by atoms with Gasteiger partial charge in [-0.1, -0.05) is 48.5 Å². The van der Waals surface area contributed by atoms with E-state index in [0.29, 0.717) is 22.0 Å². The molecule has 0 saturated carbocycles. The van der Waals surface area contributed by atoms with Crippen molar-refractivity contribution in [2.75, 3.05) is 0 Å². The molecule has 7 heteroatoms. The van der Waals surface area contributed by atoms with Crippen molar-refractivity contribution < 1.29 is 22.7 Å². The van der Waals surface area contributed by atoms with Crippen LogP contribution in [0.4, 0.5) is 4.39 Å². The molecule has 0 aliphatic heterocycles. The lowest BCUT2D eigenvalue weighted by Gasteiger charge is -2.12. The molecule has 0 aliphatic rings. The fraction of sp³-hybridized carbons (Fsp3) is 0.0870. The minimum absolute atomic E-state index is 0.0954. The lowest BCUT2D eigenvalue weighted by Crippen LogP contribution is -2.13. The highest BCUT2D eigenvalue weighted by molar-refractivity contribution is 7.90. The molecule has 0 bridgehead atoms. The predicted molar refractivity (Wildman–Crippen MR) is 112 cm³/mol. The first-order valence-electron chi connectivity index (χ1n) is 9.29. The number of nitrogens with zero attached hydrogens (tertiary/aromatic N) is 1. The lowest BCUT2D eigenvalue weighted by atomic mass is 10.1. The molecule has 1 N–H and O–H groups in total. The molecule has 0 amide bonds. The van der Waals surface area contributed by atoms with Gasteiger partial charge in [0.15, 0.2) is 0 Å². The second-order valence-corrected chi connectivity index (χ2v) is 8.66. The maximum atomic E-state index is 13.9. The highest BCUT2D eigenvalue weighted by Crippen LogP contribution is 2.32. The Kier molecular flexibility index (Phi) is 5.13. The largest absolute Gasteiger partial charge is 0.481 e. The summed E-state index contributed by atoms with van der Waals surface area (Å²) in [5.41, 5.74) is 2.08. The molecule has 152 valence electrons. The fourth-order valence-electron chi connectivity index (χ4n) is 3.53. The Morgan fingerprint density at radius 3 is 2.40 bits per heavy atom. The SMILES string of the molecule is O=C(O)CCc1cn(S(=O)(=O)c2ccccc2-c2ccccc2)c2ccc(F)cc12. The Balaban J connectivity index is 1.92. The number of fused-ring (bicyclic) bond motifs is 1. The van der Waals surface area contributed by atoms with Crippen LogP contribution in [0.1, 0.15) is 12.0 Å². The van der Waals surface area contributed by atoms with E-state index in [4.69, 9.17) is 5.11 Å². The third kappa shape index (κ3) is 3.59. The Morgan fingerprint density at radius 2 is 1.67 bits per heavy atom. The average Bonchev–Trinajstić information content (AvgIpc) is 3.11. The Hall–Kier alpha value is -3.45. The molecule has 3 aromatic carbocycles. The average molecular weight is 423 g/mol. The minimum atomic E-state index is -4.03. The summed E-state index contributed by atoms with van der Waals surface area (Å²) >= 11 is 0. The van der Waals surface area contributed by atoms with E-state index in [-0.39, 0.29) is 17.7 Å². The van der Waals surface area contributed by atoms with E-state index in [1.54, 1.807) is 18.2 Å². The molecule has 0 fully saturated rings. The van der Waals surface area contributed by atoms with Gasteiger partial charge in [0.1, 0.15) is 5.82 Å². The van der Waals surface area contributed by atoms with Crippen molar-refractivity contribution in [1.29, 1.82) is 0 Å². The van der Waals surface area contributed by atoms with Gasteiger partial charge < -0.3 is 5.11 Å². The number of aromatic nitrogens is 1. The van der Waals surface area contributed by atoms with Crippen molar-refractivity contribution in [3.63, 3.8) is 0 Å². The number of aryl methyl sites for hydroxylation is 1. The first-order valence-corrected chi connectivity index (χ1v) is 10.7. The molecule has 30 heavy (non-hydrogen) atoms. The van der Waals surface area contributed by atoms with Crippen LogP contribution in [-0.2, 0) is 21.2 Å². The maximum absolute atomic E-state index is 13.9. The van der Waals surface area contributed by atoms with Crippen LogP contribution in [0, 0.1) is 5.82 Å². The van der Waals surface area contributed by atoms with E-state index in [9.17, 15) is 17.6 Å². The first-order chi connectivity index (χ1) is 14.4. The zero-order valence-corrected chi connectivity index (χ0v) is 16.6.